The minimum Gasteiger partial charge on any atom is -0.353 e. The molecule has 0 atom stereocenters. The molecular formula is C22H20N4O. The van der Waals surface area contributed by atoms with E-state index in [2.05, 4.69) is 35.5 Å². The van der Waals surface area contributed by atoms with Crippen LogP contribution in [0.15, 0.2) is 67.0 Å². The summed E-state index contributed by atoms with van der Waals surface area (Å²) in [6.07, 6.45) is 3.14. The van der Waals surface area contributed by atoms with Gasteiger partial charge in [0.1, 0.15) is 6.07 Å². The molecule has 1 heterocycles. The van der Waals surface area contributed by atoms with E-state index in [0.29, 0.717) is 28.4 Å². The summed E-state index contributed by atoms with van der Waals surface area (Å²) in [5, 5.41) is 15.3. The van der Waals surface area contributed by atoms with E-state index in [-0.39, 0.29) is 5.91 Å². The van der Waals surface area contributed by atoms with Crippen molar-refractivity contribution in [2.45, 2.75) is 19.8 Å². The Morgan fingerprint density at radius 3 is 2.48 bits per heavy atom. The fraction of sp³-hybridized carbons (Fsp3) is 0.136. The molecule has 27 heavy (non-hydrogen) atoms. The van der Waals surface area contributed by atoms with Crippen LogP contribution in [0.4, 0.5) is 17.1 Å². The predicted molar refractivity (Wildman–Crippen MR) is 107 cm³/mol. The van der Waals surface area contributed by atoms with Crippen LogP contribution < -0.4 is 10.6 Å². The zero-order valence-electron chi connectivity index (χ0n) is 15.2. The first-order valence-corrected chi connectivity index (χ1v) is 8.70. The number of anilines is 3. The van der Waals surface area contributed by atoms with Gasteiger partial charge < -0.3 is 10.6 Å². The van der Waals surface area contributed by atoms with Crippen molar-refractivity contribution in [3.05, 3.63) is 83.7 Å². The fourth-order valence-corrected chi connectivity index (χ4v) is 2.79. The first kappa shape index (κ1) is 18.2. The topological polar surface area (TPSA) is 77.8 Å². The second kappa shape index (κ2) is 8.15. The molecule has 2 N–H and O–H groups in total. The van der Waals surface area contributed by atoms with Crippen molar-refractivity contribution in [2.75, 3.05) is 10.6 Å². The summed E-state index contributed by atoms with van der Waals surface area (Å²) in [6, 6.07) is 18.8. The van der Waals surface area contributed by atoms with Gasteiger partial charge >= 0.3 is 0 Å². The molecule has 0 aliphatic heterocycles. The lowest BCUT2D eigenvalue weighted by Gasteiger charge is -2.14. The molecule has 0 fully saturated rings. The zero-order valence-corrected chi connectivity index (χ0v) is 15.2. The van der Waals surface area contributed by atoms with Crippen molar-refractivity contribution >= 4 is 23.0 Å². The van der Waals surface area contributed by atoms with E-state index >= 15 is 0 Å². The molecule has 0 spiro atoms. The SMILES string of the molecule is CC(C)c1ccccc1NC(=O)c1cncc(Nc2ccccc2C#N)c1. The summed E-state index contributed by atoms with van der Waals surface area (Å²) in [7, 11) is 0. The van der Waals surface area contributed by atoms with Gasteiger partial charge in [-0.25, -0.2) is 0 Å². The van der Waals surface area contributed by atoms with Crippen molar-refractivity contribution in [3.63, 3.8) is 0 Å². The zero-order chi connectivity index (χ0) is 19.2. The molecule has 1 amide bonds. The largest absolute Gasteiger partial charge is 0.353 e. The molecule has 5 nitrogen and oxygen atoms in total. The average Bonchev–Trinajstić information content (AvgIpc) is 2.69. The maximum absolute atomic E-state index is 12.7. The Morgan fingerprint density at radius 2 is 1.74 bits per heavy atom. The van der Waals surface area contributed by atoms with Crippen LogP contribution in [-0.4, -0.2) is 10.9 Å². The monoisotopic (exact) mass is 356 g/mol. The van der Waals surface area contributed by atoms with Gasteiger partial charge in [-0.3, -0.25) is 9.78 Å². The van der Waals surface area contributed by atoms with Crippen LogP contribution in [0, 0.1) is 11.3 Å². The first-order chi connectivity index (χ1) is 13.1. The Morgan fingerprint density at radius 1 is 1.04 bits per heavy atom. The molecular weight excluding hydrogens is 336 g/mol. The summed E-state index contributed by atoms with van der Waals surface area (Å²) < 4.78 is 0. The highest BCUT2D eigenvalue weighted by molar-refractivity contribution is 6.05. The Bertz CT molecular complexity index is 1000. The molecule has 3 aromatic rings. The third kappa shape index (κ3) is 4.31. The Kier molecular flexibility index (Phi) is 5.48. The van der Waals surface area contributed by atoms with Crippen molar-refractivity contribution in [1.29, 1.82) is 5.26 Å². The molecule has 2 aromatic carbocycles. The third-order valence-corrected chi connectivity index (χ3v) is 4.16. The predicted octanol–water partition coefficient (Wildman–Crippen LogP) is 5.07. The van der Waals surface area contributed by atoms with Gasteiger partial charge in [0, 0.05) is 11.9 Å². The number of rotatable bonds is 5. The first-order valence-electron chi connectivity index (χ1n) is 8.70. The van der Waals surface area contributed by atoms with E-state index in [1.807, 2.05) is 36.4 Å². The van der Waals surface area contributed by atoms with Crippen molar-refractivity contribution < 1.29 is 4.79 Å². The van der Waals surface area contributed by atoms with E-state index in [4.69, 9.17) is 0 Å². The van der Waals surface area contributed by atoms with Gasteiger partial charge in [0.25, 0.3) is 5.91 Å². The van der Waals surface area contributed by atoms with Crippen LogP contribution in [-0.2, 0) is 0 Å². The number of pyridine rings is 1. The molecule has 0 aliphatic carbocycles. The normalized spacial score (nSPS) is 10.3. The number of carbonyl (C=O) groups is 1. The third-order valence-electron chi connectivity index (χ3n) is 4.16. The lowest BCUT2D eigenvalue weighted by atomic mass is 10.0. The van der Waals surface area contributed by atoms with Gasteiger partial charge in [-0.05, 0) is 35.7 Å². The van der Waals surface area contributed by atoms with Crippen molar-refractivity contribution in [1.82, 2.24) is 4.98 Å². The molecule has 0 saturated carbocycles. The summed E-state index contributed by atoms with van der Waals surface area (Å²) in [5.41, 5.74) is 4.15. The lowest BCUT2D eigenvalue weighted by Crippen LogP contribution is -2.14. The number of nitrogens with zero attached hydrogens (tertiary/aromatic N) is 2. The Hall–Kier alpha value is -3.65. The second-order valence-corrected chi connectivity index (χ2v) is 6.44. The van der Waals surface area contributed by atoms with Gasteiger partial charge in [0.15, 0.2) is 0 Å². The number of benzene rings is 2. The number of nitrogens with one attached hydrogen (secondary N) is 2. The Balaban J connectivity index is 1.82. The van der Waals surface area contributed by atoms with E-state index in [0.717, 1.165) is 11.3 Å². The standard InChI is InChI=1S/C22H20N4O/c1-15(2)19-8-4-6-10-21(19)26-22(27)17-11-18(14-24-13-17)25-20-9-5-3-7-16(20)12-23/h3-11,13-15,25H,1-2H3,(H,26,27). The molecule has 0 saturated heterocycles. The quantitative estimate of drug-likeness (QED) is 0.669. The van der Waals surface area contributed by atoms with Crippen LogP contribution in [0.1, 0.15) is 41.3 Å². The van der Waals surface area contributed by atoms with Gasteiger partial charge in [-0.2, -0.15) is 5.26 Å². The van der Waals surface area contributed by atoms with Crippen molar-refractivity contribution in [2.24, 2.45) is 0 Å². The van der Waals surface area contributed by atoms with Gasteiger partial charge in [0.05, 0.1) is 28.7 Å². The molecule has 0 radical (unpaired) electrons. The number of para-hydroxylation sites is 2. The van der Waals surface area contributed by atoms with Gasteiger partial charge in [-0.15, -0.1) is 0 Å². The second-order valence-electron chi connectivity index (χ2n) is 6.44. The highest BCUT2D eigenvalue weighted by Gasteiger charge is 2.12. The highest BCUT2D eigenvalue weighted by Crippen LogP contribution is 2.25. The molecule has 3 rings (SSSR count). The molecule has 0 unspecified atom stereocenters. The average molecular weight is 356 g/mol. The summed E-state index contributed by atoms with van der Waals surface area (Å²) in [6.45, 7) is 4.17. The minimum atomic E-state index is -0.229. The maximum atomic E-state index is 12.7. The van der Waals surface area contributed by atoms with E-state index in [1.165, 1.54) is 6.20 Å². The van der Waals surface area contributed by atoms with E-state index in [9.17, 15) is 10.1 Å². The van der Waals surface area contributed by atoms with E-state index in [1.54, 1.807) is 24.4 Å². The number of amides is 1. The molecule has 1 aromatic heterocycles. The van der Waals surface area contributed by atoms with Crippen LogP contribution >= 0.6 is 0 Å². The lowest BCUT2D eigenvalue weighted by molar-refractivity contribution is 0.102. The van der Waals surface area contributed by atoms with Crippen LogP contribution in [0.5, 0.6) is 0 Å². The Labute approximate surface area is 158 Å². The van der Waals surface area contributed by atoms with Crippen LogP contribution in [0.25, 0.3) is 0 Å². The molecule has 0 aliphatic rings. The van der Waals surface area contributed by atoms with Crippen molar-refractivity contribution in [3.8, 4) is 6.07 Å². The molecule has 134 valence electrons. The number of nitriles is 1. The number of carbonyl (C=O) groups excluding carboxylic acids is 1. The van der Waals surface area contributed by atoms with Gasteiger partial charge in [0.2, 0.25) is 0 Å². The summed E-state index contributed by atoms with van der Waals surface area (Å²) in [4.78, 5) is 16.8. The van der Waals surface area contributed by atoms with Crippen LogP contribution in [0.3, 0.4) is 0 Å². The number of aromatic nitrogens is 1. The molecule has 0 bridgehead atoms. The maximum Gasteiger partial charge on any atom is 0.257 e. The van der Waals surface area contributed by atoms with Crippen LogP contribution in [0.2, 0.25) is 0 Å². The smallest absolute Gasteiger partial charge is 0.257 e. The fourth-order valence-electron chi connectivity index (χ4n) is 2.79. The van der Waals surface area contributed by atoms with Gasteiger partial charge in [-0.1, -0.05) is 44.2 Å². The number of hydrogen-bond acceptors (Lipinski definition) is 4. The summed E-state index contributed by atoms with van der Waals surface area (Å²) in [5.74, 6) is 0.0722. The van der Waals surface area contributed by atoms with E-state index < -0.39 is 0 Å². The summed E-state index contributed by atoms with van der Waals surface area (Å²) >= 11 is 0. The minimum absolute atomic E-state index is 0.229. The molecule has 5 heteroatoms. The highest BCUT2D eigenvalue weighted by atomic mass is 16.1. The number of hydrogen-bond donors (Lipinski definition) is 2.